The Labute approximate surface area is 93.3 Å². The first kappa shape index (κ1) is 10.7. The zero-order valence-corrected chi connectivity index (χ0v) is 8.98. The topological polar surface area (TPSA) is 77.1 Å². The van der Waals surface area contributed by atoms with Crippen molar-refractivity contribution >= 4 is 11.6 Å². The van der Waals surface area contributed by atoms with Crippen LogP contribution < -0.4 is 16.6 Å². The number of nitrogens with zero attached hydrogens (tertiary/aromatic N) is 1. The Kier molecular flexibility index (Phi) is 2.94. The summed E-state index contributed by atoms with van der Waals surface area (Å²) in [6.45, 7) is 0.756. The van der Waals surface area contributed by atoms with Gasteiger partial charge >= 0.3 is 0 Å². The van der Waals surface area contributed by atoms with Crippen molar-refractivity contribution in [1.82, 2.24) is 9.88 Å². The highest BCUT2D eigenvalue weighted by Crippen LogP contribution is 2.27. The predicted molar refractivity (Wildman–Crippen MR) is 60.8 cm³/mol. The van der Waals surface area contributed by atoms with Gasteiger partial charge in [0.1, 0.15) is 6.54 Å². The van der Waals surface area contributed by atoms with Crippen LogP contribution in [0.25, 0.3) is 0 Å². The van der Waals surface area contributed by atoms with E-state index >= 15 is 0 Å². The number of pyridine rings is 1. The normalized spacial score (nSPS) is 14.8. The molecule has 0 bridgehead atoms. The summed E-state index contributed by atoms with van der Waals surface area (Å²) in [7, 11) is 0. The van der Waals surface area contributed by atoms with Gasteiger partial charge < -0.3 is 15.6 Å². The van der Waals surface area contributed by atoms with Gasteiger partial charge in [-0.1, -0.05) is 0 Å². The van der Waals surface area contributed by atoms with Gasteiger partial charge in [-0.2, -0.15) is 0 Å². The first-order valence-electron chi connectivity index (χ1n) is 5.38. The molecule has 1 aliphatic rings. The fourth-order valence-corrected chi connectivity index (χ4v) is 1.47. The van der Waals surface area contributed by atoms with E-state index < -0.39 is 0 Å². The van der Waals surface area contributed by atoms with Gasteiger partial charge in [0, 0.05) is 12.7 Å². The lowest BCUT2D eigenvalue weighted by Crippen LogP contribution is -2.33. The van der Waals surface area contributed by atoms with Gasteiger partial charge in [0.25, 0.3) is 5.56 Å². The van der Waals surface area contributed by atoms with Gasteiger partial charge in [-0.25, -0.2) is 0 Å². The Morgan fingerprint density at radius 2 is 2.31 bits per heavy atom. The molecule has 1 aromatic rings. The molecule has 86 valence electrons. The van der Waals surface area contributed by atoms with E-state index in [-0.39, 0.29) is 23.7 Å². The van der Waals surface area contributed by atoms with Crippen LogP contribution in [0.15, 0.2) is 23.1 Å². The van der Waals surface area contributed by atoms with E-state index in [4.69, 9.17) is 5.73 Å². The Balaban J connectivity index is 1.94. The molecule has 1 aliphatic carbocycles. The molecule has 0 saturated heterocycles. The first-order valence-corrected chi connectivity index (χ1v) is 5.38. The minimum atomic E-state index is -0.316. The number of carbonyl (C=O) groups excluding carboxylic acids is 1. The summed E-state index contributed by atoms with van der Waals surface area (Å²) in [5, 5.41) is 2.80. The number of carbonyl (C=O) groups is 1. The van der Waals surface area contributed by atoms with Crippen LogP contribution >= 0.6 is 0 Å². The van der Waals surface area contributed by atoms with Crippen molar-refractivity contribution in [3.63, 3.8) is 0 Å². The fraction of sp³-hybridized carbons (Fsp3) is 0.455. The summed E-state index contributed by atoms with van der Waals surface area (Å²) in [5.41, 5.74) is 5.31. The third-order valence-electron chi connectivity index (χ3n) is 2.65. The largest absolute Gasteiger partial charge is 0.394 e. The second-order valence-corrected chi connectivity index (χ2v) is 4.14. The van der Waals surface area contributed by atoms with Crippen molar-refractivity contribution in [3.05, 3.63) is 28.7 Å². The average Bonchev–Trinajstić information content (AvgIpc) is 3.06. The monoisotopic (exact) mass is 221 g/mol. The van der Waals surface area contributed by atoms with E-state index in [1.165, 1.54) is 23.5 Å². The number of aromatic nitrogens is 1. The Hall–Kier alpha value is -1.78. The van der Waals surface area contributed by atoms with E-state index in [1.807, 2.05) is 0 Å². The maximum Gasteiger partial charge on any atom is 0.274 e. The smallest absolute Gasteiger partial charge is 0.274 e. The highest BCUT2D eigenvalue weighted by Gasteiger charge is 2.21. The Bertz CT molecular complexity index is 449. The summed E-state index contributed by atoms with van der Waals surface area (Å²) in [5.74, 6) is 0.501. The van der Waals surface area contributed by atoms with Crippen LogP contribution in [-0.2, 0) is 11.3 Å². The highest BCUT2D eigenvalue weighted by molar-refractivity contribution is 5.75. The standard InChI is InChI=1S/C11H15N3O2/c12-9-2-1-5-14(11(9)16)7-10(15)13-6-8-3-4-8/h1-2,5,8H,3-4,6-7,12H2,(H,13,15). The van der Waals surface area contributed by atoms with Gasteiger partial charge in [0.2, 0.25) is 5.91 Å². The van der Waals surface area contributed by atoms with E-state index in [1.54, 1.807) is 12.3 Å². The SMILES string of the molecule is Nc1cccn(CC(=O)NCC2CC2)c1=O. The quantitative estimate of drug-likeness (QED) is 0.748. The van der Waals surface area contributed by atoms with E-state index in [9.17, 15) is 9.59 Å². The minimum absolute atomic E-state index is 0.0383. The van der Waals surface area contributed by atoms with Gasteiger partial charge in [-0.3, -0.25) is 9.59 Å². The van der Waals surface area contributed by atoms with Gasteiger partial charge in [0.15, 0.2) is 0 Å². The lowest BCUT2D eigenvalue weighted by molar-refractivity contribution is -0.121. The molecular weight excluding hydrogens is 206 g/mol. The number of nitrogens with two attached hydrogens (primary N) is 1. The van der Waals surface area contributed by atoms with Crippen LogP contribution in [0.1, 0.15) is 12.8 Å². The van der Waals surface area contributed by atoms with E-state index in [2.05, 4.69) is 5.32 Å². The van der Waals surface area contributed by atoms with E-state index in [0.717, 1.165) is 6.54 Å². The van der Waals surface area contributed by atoms with Crippen LogP contribution in [0.2, 0.25) is 0 Å². The number of nitrogen functional groups attached to an aromatic ring is 1. The summed E-state index contributed by atoms with van der Waals surface area (Å²) in [6.07, 6.45) is 3.95. The molecule has 2 rings (SSSR count). The van der Waals surface area contributed by atoms with Crippen LogP contribution in [0.5, 0.6) is 0 Å². The van der Waals surface area contributed by atoms with Crippen molar-refractivity contribution < 1.29 is 4.79 Å². The van der Waals surface area contributed by atoms with Crippen LogP contribution in [0.3, 0.4) is 0 Å². The summed E-state index contributed by atoms with van der Waals surface area (Å²) in [4.78, 5) is 23.0. The fourth-order valence-electron chi connectivity index (χ4n) is 1.47. The zero-order chi connectivity index (χ0) is 11.5. The molecular formula is C11H15N3O2. The number of hydrogen-bond acceptors (Lipinski definition) is 3. The lowest BCUT2D eigenvalue weighted by Gasteiger charge is -2.07. The van der Waals surface area contributed by atoms with Gasteiger partial charge in [-0.05, 0) is 30.9 Å². The Morgan fingerprint density at radius 1 is 1.56 bits per heavy atom. The number of nitrogens with one attached hydrogen (secondary N) is 1. The summed E-state index contributed by atoms with van der Waals surface area (Å²) in [6, 6.07) is 3.19. The molecule has 1 aromatic heterocycles. The molecule has 0 unspecified atom stereocenters. The molecule has 5 nitrogen and oxygen atoms in total. The molecule has 0 aliphatic heterocycles. The maximum absolute atomic E-state index is 11.5. The second-order valence-electron chi connectivity index (χ2n) is 4.14. The van der Waals surface area contributed by atoms with E-state index in [0.29, 0.717) is 5.92 Å². The van der Waals surface area contributed by atoms with Crippen molar-refractivity contribution in [2.24, 2.45) is 5.92 Å². The number of amides is 1. The van der Waals surface area contributed by atoms with Crippen molar-refractivity contribution in [2.75, 3.05) is 12.3 Å². The molecule has 1 saturated carbocycles. The Morgan fingerprint density at radius 3 is 3.00 bits per heavy atom. The maximum atomic E-state index is 11.5. The first-order chi connectivity index (χ1) is 7.66. The number of anilines is 1. The number of rotatable bonds is 4. The molecule has 0 spiro atoms. The predicted octanol–water partition coefficient (Wildman–Crippen LogP) is -0.0433. The summed E-state index contributed by atoms with van der Waals surface area (Å²) < 4.78 is 1.32. The molecule has 1 heterocycles. The van der Waals surface area contributed by atoms with Crippen LogP contribution in [0, 0.1) is 5.92 Å². The number of hydrogen-bond donors (Lipinski definition) is 2. The van der Waals surface area contributed by atoms with Crippen LogP contribution in [0.4, 0.5) is 5.69 Å². The summed E-state index contributed by atoms with van der Waals surface area (Å²) >= 11 is 0. The van der Waals surface area contributed by atoms with Crippen molar-refractivity contribution in [2.45, 2.75) is 19.4 Å². The molecule has 0 atom stereocenters. The lowest BCUT2D eigenvalue weighted by atomic mass is 10.4. The van der Waals surface area contributed by atoms with Gasteiger partial charge in [-0.15, -0.1) is 0 Å². The molecule has 16 heavy (non-hydrogen) atoms. The highest BCUT2D eigenvalue weighted by atomic mass is 16.2. The molecule has 3 N–H and O–H groups in total. The van der Waals surface area contributed by atoms with Crippen LogP contribution in [-0.4, -0.2) is 17.0 Å². The van der Waals surface area contributed by atoms with Crippen molar-refractivity contribution in [3.8, 4) is 0 Å². The third kappa shape index (κ3) is 2.62. The third-order valence-corrected chi connectivity index (χ3v) is 2.65. The molecule has 1 amide bonds. The van der Waals surface area contributed by atoms with Gasteiger partial charge in [0.05, 0.1) is 5.69 Å². The molecule has 1 fully saturated rings. The molecule has 0 aromatic carbocycles. The zero-order valence-electron chi connectivity index (χ0n) is 8.98. The average molecular weight is 221 g/mol. The van der Waals surface area contributed by atoms with Crippen molar-refractivity contribution in [1.29, 1.82) is 0 Å². The molecule has 0 radical (unpaired) electrons. The molecule has 5 heteroatoms. The minimum Gasteiger partial charge on any atom is -0.394 e. The second kappa shape index (κ2) is 4.38.